The standard InChI is InChI=1S/C18H27NO2/c1-12(2)14-5-7-15(8-6-14)18(20)16-9-17(11-19-10-16)21-13(3)4/h9-15H,5-8H2,1-4H3. The number of carbonyl (C=O) groups is 1. The number of rotatable bonds is 5. The molecule has 0 aromatic carbocycles. The molecule has 116 valence electrons. The molecule has 0 N–H and O–H groups in total. The number of ketones is 1. The first-order valence-corrected chi connectivity index (χ1v) is 8.13. The SMILES string of the molecule is CC(C)Oc1cncc(C(=O)C2CCC(C(C)C)CC2)c1. The molecule has 1 aliphatic carbocycles. The molecular weight excluding hydrogens is 262 g/mol. The fourth-order valence-electron chi connectivity index (χ4n) is 3.17. The molecule has 0 radical (unpaired) electrons. The van der Waals surface area contributed by atoms with Crippen LogP contribution in [0.1, 0.15) is 63.7 Å². The summed E-state index contributed by atoms with van der Waals surface area (Å²) in [7, 11) is 0. The molecule has 0 spiro atoms. The van der Waals surface area contributed by atoms with Gasteiger partial charge in [-0.1, -0.05) is 13.8 Å². The van der Waals surface area contributed by atoms with E-state index in [1.165, 1.54) is 12.8 Å². The van der Waals surface area contributed by atoms with Crippen molar-refractivity contribution in [2.45, 2.75) is 59.5 Å². The van der Waals surface area contributed by atoms with Crippen LogP contribution in [0, 0.1) is 17.8 Å². The molecule has 21 heavy (non-hydrogen) atoms. The van der Waals surface area contributed by atoms with Crippen molar-refractivity contribution < 1.29 is 9.53 Å². The summed E-state index contributed by atoms with van der Waals surface area (Å²) in [4.78, 5) is 16.8. The maximum atomic E-state index is 12.6. The van der Waals surface area contributed by atoms with E-state index in [9.17, 15) is 4.79 Å². The highest BCUT2D eigenvalue weighted by Crippen LogP contribution is 2.35. The van der Waals surface area contributed by atoms with Crippen molar-refractivity contribution in [1.82, 2.24) is 4.98 Å². The van der Waals surface area contributed by atoms with Gasteiger partial charge >= 0.3 is 0 Å². The van der Waals surface area contributed by atoms with Crippen LogP contribution < -0.4 is 4.74 Å². The Hall–Kier alpha value is -1.38. The van der Waals surface area contributed by atoms with Crippen LogP contribution in [0.2, 0.25) is 0 Å². The molecule has 1 aromatic heterocycles. The van der Waals surface area contributed by atoms with Crippen molar-refractivity contribution in [2.24, 2.45) is 17.8 Å². The Bertz CT molecular complexity index is 474. The van der Waals surface area contributed by atoms with E-state index in [0.29, 0.717) is 11.3 Å². The largest absolute Gasteiger partial charge is 0.489 e. The van der Waals surface area contributed by atoms with Gasteiger partial charge in [0.15, 0.2) is 5.78 Å². The highest BCUT2D eigenvalue weighted by Gasteiger charge is 2.28. The van der Waals surface area contributed by atoms with Gasteiger partial charge in [-0.3, -0.25) is 9.78 Å². The predicted octanol–water partition coefficient (Wildman–Crippen LogP) is 4.51. The van der Waals surface area contributed by atoms with Crippen LogP contribution >= 0.6 is 0 Å². The predicted molar refractivity (Wildman–Crippen MR) is 84.6 cm³/mol. The molecule has 0 bridgehead atoms. The highest BCUT2D eigenvalue weighted by atomic mass is 16.5. The van der Waals surface area contributed by atoms with Crippen molar-refractivity contribution in [3.05, 3.63) is 24.0 Å². The number of hydrogen-bond acceptors (Lipinski definition) is 3. The summed E-state index contributed by atoms with van der Waals surface area (Å²) in [5, 5.41) is 0. The van der Waals surface area contributed by atoms with Gasteiger partial charge in [0.1, 0.15) is 5.75 Å². The number of ether oxygens (including phenoxy) is 1. The summed E-state index contributed by atoms with van der Waals surface area (Å²) >= 11 is 0. The zero-order valence-corrected chi connectivity index (χ0v) is 13.6. The van der Waals surface area contributed by atoms with Crippen molar-refractivity contribution in [3.63, 3.8) is 0 Å². The zero-order valence-electron chi connectivity index (χ0n) is 13.6. The van der Waals surface area contributed by atoms with E-state index in [1.807, 2.05) is 19.9 Å². The normalized spacial score (nSPS) is 22.6. The molecule has 0 atom stereocenters. The number of pyridine rings is 1. The minimum absolute atomic E-state index is 0.0960. The van der Waals surface area contributed by atoms with Gasteiger partial charge in [0, 0.05) is 17.7 Å². The Balaban J connectivity index is 2.00. The Morgan fingerprint density at radius 2 is 1.81 bits per heavy atom. The Labute approximate surface area is 128 Å². The van der Waals surface area contributed by atoms with Crippen LogP contribution in [0.15, 0.2) is 18.5 Å². The van der Waals surface area contributed by atoms with Gasteiger partial charge in [0.05, 0.1) is 12.3 Å². The molecule has 0 saturated heterocycles. The summed E-state index contributed by atoms with van der Waals surface area (Å²) in [5.74, 6) is 2.59. The van der Waals surface area contributed by atoms with Crippen LogP contribution in [0.4, 0.5) is 0 Å². The number of carbonyl (C=O) groups excluding carboxylic acids is 1. The number of Topliss-reactive ketones (excluding diaryl/α,β-unsaturated/α-hetero) is 1. The number of aromatic nitrogens is 1. The molecule has 0 amide bonds. The van der Waals surface area contributed by atoms with Crippen molar-refractivity contribution in [1.29, 1.82) is 0 Å². The zero-order chi connectivity index (χ0) is 15.4. The van der Waals surface area contributed by atoms with Crippen molar-refractivity contribution >= 4 is 5.78 Å². The third-order valence-electron chi connectivity index (χ3n) is 4.45. The summed E-state index contributed by atoms with van der Waals surface area (Å²) in [6, 6.07) is 1.84. The fourth-order valence-corrected chi connectivity index (χ4v) is 3.17. The third-order valence-corrected chi connectivity index (χ3v) is 4.45. The van der Waals surface area contributed by atoms with Crippen LogP contribution in [-0.2, 0) is 0 Å². The molecule has 0 unspecified atom stereocenters. The Morgan fingerprint density at radius 3 is 2.38 bits per heavy atom. The van der Waals surface area contributed by atoms with Crippen molar-refractivity contribution in [2.75, 3.05) is 0 Å². The first-order chi connectivity index (χ1) is 9.97. The smallest absolute Gasteiger partial charge is 0.167 e. The second-order valence-corrected chi connectivity index (χ2v) is 6.80. The maximum Gasteiger partial charge on any atom is 0.167 e. The van der Waals surface area contributed by atoms with Gasteiger partial charge in [-0.2, -0.15) is 0 Å². The average molecular weight is 289 g/mol. The Kier molecular flexibility index (Phi) is 5.38. The first-order valence-electron chi connectivity index (χ1n) is 8.13. The number of hydrogen-bond donors (Lipinski definition) is 0. The van der Waals surface area contributed by atoms with Gasteiger partial charge in [-0.05, 0) is 57.4 Å². The van der Waals surface area contributed by atoms with Gasteiger partial charge in [0.2, 0.25) is 0 Å². The minimum atomic E-state index is 0.0960. The third kappa shape index (κ3) is 4.29. The van der Waals surface area contributed by atoms with E-state index in [4.69, 9.17) is 4.74 Å². The van der Waals surface area contributed by atoms with E-state index >= 15 is 0 Å². The minimum Gasteiger partial charge on any atom is -0.489 e. The summed E-state index contributed by atoms with van der Waals surface area (Å²) in [6.07, 6.45) is 7.80. The monoisotopic (exact) mass is 289 g/mol. The van der Waals surface area contributed by atoms with Gasteiger partial charge in [-0.15, -0.1) is 0 Å². The van der Waals surface area contributed by atoms with Crippen LogP contribution in [0.25, 0.3) is 0 Å². The molecular formula is C18H27NO2. The average Bonchev–Trinajstić information content (AvgIpc) is 2.46. The van der Waals surface area contributed by atoms with E-state index in [0.717, 1.165) is 24.7 Å². The lowest BCUT2D eigenvalue weighted by molar-refractivity contribution is 0.0858. The molecule has 0 aliphatic heterocycles. The van der Waals surface area contributed by atoms with E-state index < -0.39 is 0 Å². The molecule has 1 heterocycles. The molecule has 3 nitrogen and oxygen atoms in total. The molecule has 3 heteroatoms. The van der Waals surface area contributed by atoms with Gasteiger partial charge in [0.25, 0.3) is 0 Å². The van der Waals surface area contributed by atoms with Crippen LogP contribution in [0.5, 0.6) is 5.75 Å². The van der Waals surface area contributed by atoms with Crippen molar-refractivity contribution in [3.8, 4) is 5.75 Å². The quantitative estimate of drug-likeness (QED) is 0.748. The lowest BCUT2D eigenvalue weighted by Gasteiger charge is -2.30. The summed E-state index contributed by atoms with van der Waals surface area (Å²) in [6.45, 7) is 8.51. The molecule has 1 saturated carbocycles. The lowest BCUT2D eigenvalue weighted by Crippen LogP contribution is -2.24. The fraction of sp³-hybridized carbons (Fsp3) is 0.667. The Morgan fingerprint density at radius 1 is 1.14 bits per heavy atom. The first kappa shape index (κ1) is 16.0. The number of nitrogens with zero attached hydrogens (tertiary/aromatic N) is 1. The summed E-state index contributed by atoms with van der Waals surface area (Å²) < 4.78 is 5.63. The second kappa shape index (κ2) is 7.06. The lowest BCUT2D eigenvalue weighted by atomic mass is 9.75. The van der Waals surface area contributed by atoms with Gasteiger partial charge in [-0.25, -0.2) is 0 Å². The van der Waals surface area contributed by atoms with E-state index in [1.54, 1.807) is 12.4 Å². The summed E-state index contributed by atoms with van der Waals surface area (Å²) in [5.41, 5.74) is 0.696. The second-order valence-electron chi connectivity index (χ2n) is 6.80. The van der Waals surface area contributed by atoms with Crippen LogP contribution in [0.3, 0.4) is 0 Å². The van der Waals surface area contributed by atoms with Crippen LogP contribution in [-0.4, -0.2) is 16.9 Å². The highest BCUT2D eigenvalue weighted by molar-refractivity contribution is 5.97. The molecule has 1 fully saturated rings. The van der Waals surface area contributed by atoms with E-state index in [2.05, 4.69) is 18.8 Å². The molecule has 2 rings (SSSR count). The maximum absolute atomic E-state index is 12.6. The van der Waals surface area contributed by atoms with Gasteiger partial charge < -0.3 is 4.74 Å². The topological polar surface area (TPSA) is 39.2 Å². The molecule has 1 aromatic rings. The van der Waals surface area contributed by atoms with E-state index in [-0.39, 0.29) is 17.8 Å². The molecule has 1 aliphatic rings.